The molecule has 7 heteroatoms. The van der Waals surface area contributed by atoms with Gasteiger partial charge in [0.1, 0.15) is 0 Å². The zero-order valence-corrected chi connectivity index (χ0v) is 26.9. The fourth-order valence-corrected chi connectivity index (χ4v) is 11.2. The molecule has 0 saturated heterocycles. The van der Waals surface area contributed by atoms with Crippen molar-refractivity contribution in [2.75, 3.05) is 0 Å². The number of nitrogens with zero attached hydrogens (tertiary/aromatic N) is 3. The van der Waals surface area contributed by atoms with Crippen LogP contribution in [0.2, 0.25) is 0 Å². The van der Waals surface area contributed by atoms with Crippen LogP contribution in [0.5, 0.6) is 0 Å². The molecule has 3 nitrogen and oxygen atoms in total. The number of fused-ring (bicyclic) bond motifs is 10. The third-order valence-electron chi connectivity index (χ3n) is 9.20. The van der Waals surface area contributed by atoms with Crippen LogP contribution in [0.3, 0.4) is 0 Å². The number of rotatable bonds is 3. The van der Waals surface area contributed by atoms with Crippen molar-refractivity contribution < 1.29 is 0 Å². The van der Waals surface area contributed by atoms with Gasteiger partial charge in [-0.2, -0.15) is 0 Å². The van der Waals surface area contributed by atoms with Crippen LogP contribution >= 0.6 is 45.3 Å². The highest BCUT2D eigenvalue weighted by Crippen LogP contribution is 2.42. The summed E-state index contributed by atoms with van der Waals surface area (Å²) in [6.45, 7) is 0. The lowest BCUT2D eigenvalue weighted by Crippen LogP contribution is -1.98. The van der Waals surface area contributed by atoms with Crippen LogP contribution in [0.4, 0.5) is 0 Å². The van der Waals surface area contributed by atoms with Gasteiger partial charge in [-0.15, -0.1) is 45.3 Å². The first-order chi connectivity index (χ1) is 22.3. The van der Waals surface area contributed by atoms with E-state index in [2.05, 4.69) is 138 Å². The zero-order valence-electron chi connectivity index (χ0n) is 23.6. The maximum Gasteiger partial charge on any atom is 0.0704 e. The van der Waals surface area contributed by atoms with E-state index in [0.717, 1.165) is 0 Å². The largest absolute Gasteiger partial charge is 0.309 e. The molecule has 0 aliphatic carbocycles. The standard InChI is InChI=1S/C38H21N3S4/c1-2-4-23-19-24(6-5-22(23)3-1)41-33-20-25(39-29-11-15-42-35(29)36-30(39)12-16-43-36)7-9-27(33)28-10-8-26(21-34(28)41)40-31-13-17-44-37(31)38-32(40)14-18-45-38/h1-21H. The Kier molecular flexibility index (Phi) is 4.91. The molecule has 11 rings (SSSR count). The van der Waals surface area contributed by atoms with Crippen LogP contribution in [0, 0.1) is 0 Å². The summed E-state index contributed by atoms with van der Waals surface area (Å²) in [5.41, 5.74) is 11.1. The zero-order chi connectivity index (χ0) is 29.2. The number of hydrogen-bond acceptors (Lipinski definition) is 4. The maximum atomic E-state index is 2.47. The second kappa shape index (κ2) is 8.96. The molecule has 212 valence electrons. The van der Waals surface area contributed by atoms with Crippen molar-refractivity contribution in [1.82, 2.24) is 13.7 Å². The lowest BCUT2D eigenvalue weighted by molar-refractivity contribution is 1.15. The summed E-state index contributed by atoms with van der Waals surface area (Å²) in [6.07, 6.45) is 0. The quantitative estimate of drug-likeness (QED) is 0.181. The molecule has 0 spiro atoms. The summed E-state index contributed by atoms with van der Waals surface area (Å²) in [7, 11) is 0. The Labute approximate surface area is 272 Å². The van der Waals surface area contributed by atoms with Crippen molar-refractivity contribution in [2.24, 2.45) is 0 Å². The van der Waals surface area contributed by atoms with Crippen molar-refractivity contribution in [3.8, 4) is 17.1 Å². The predicted octanol–water partition coefficient (Wildman–Crippen LogP) is 12.4. The van der Waals surface area contributed by atoms with Crippen molar-refractivity contribution in [2.45, 2.75) is 0 Å². The first-order valence-corrected chi connectivity index (χ1v) is 18.3. The number of benzene rings is 4. The predicted molar refractivity (Wildman–Crippen MR) is 198 cm³/mol. The van der Waals surface area contributed by atoms with Crippen molar-refractivity contribution >= 4 is 119 Å². The summed E-state index contributed by atoms with van der Waals surface area (Å²) in [4.78, 5) is 0. The molecule has 45 heavy (non-hydrogen) atoms. The lowest BCUT2D eigenvalue weighted by Gasteiger charge is -2.12. The number of thiophene rings is 4. The van der Waals surface area contributed by atoms with Crippen LogP contribution < -0.4 is 0 Å². The van der Waals surface area contributed by atoms with E-state index >= 15 is 0 Å². The van der Waals surface area contributed by atoms with Crippen molar-refractivity contribution in [3.05, 3.63) is 125 Å². The van der Waals surface area contributed by atoms with E-state index in [-0.39, 0.29) is 0 Å². The van der Waals surface area contributed by atoms with Crippen molar-refractivity contribution in [3.63, 3.8) is 0 Å². The molecule has 4 aromatic carbocycles. The van der Waals surface area contributed by atoms with Gasteiger partial charge in [0.2, 0.25) is 0 Å². The molecular weight excluding hydrogens is 627 g/mol. The third kappa shape index (κ3) is 3.28. The smallest absolute Gasteiger partial charge is 0.0704 e. The van der Waals surface area contributed by atoms with Crippen LogP contribution in [0.15, 0.2) is 125 Å². The van der Waals surface area contributed by atoms with E-state index < -0.39 is 0 Å². The molecule has 7 aromatic heterocycles. The van der Waals surface area contributed by atoms with Crippen LogP contribution in [0.1, 0.15) is 0 Å². The fraction of sp³-hybridized carbons (Fsp3) is 0. The van der Waals surface area contributed by atoms with E-state index in [9.17, 15) is 0 Å². The Morgan fingerprint density at radius 1 is 0.333 bits per heavy atom. The minimum Gasteiger partial charge on any atom is -0.309 e. The highest BCUT2D eigenvalue weighted by molar-refractivity contribution is 7.26. The fourth-order valence-electron chi connectivity index (χ4n) is 7.28. The molecule has 0 bridgehead atoms. The second-order valence-electron chi connectivity index (χ2n) is 11.5. The molecule has 0 unspecified atom stereocenters. The van der Waals surface area contributed by atoms with Gasteiger partial charge in [0.25, 0.3) is 0 Å². The molecule has 11 aromatic rings. The van der Waals surface area contributed by atoms with E-state index in [1.165, 1.54) is 90.5 Å². The highest BCUT2D eigenvalue weighted by Gasteiger charge is 2.20. The Balaban J connectivity index is 1.24. The summed E-state index contributed by atoms with van der Waals surface area (Å²) < 4.78 is 12.8. The number of aromatic nitrogens is 3. The van der Waals surface area contributed by atoms with E-state index in [4.69, 9.17) is 0 Å². The summed E-state index contributed by atoms with van der Waals surface area (Å²) in [5.74, 6) is 0. The average Bonchev–Trinajstić information content (AvgIpc) is 3.91. The van der Waals surface area contributed by atoms with Gasteiger partial charge in [-0.1, -0.05) is 42.5 Å². The first-order valence-electron chi connectivity index (χ1n) is 14.8. The summed E-state index contributed by atoms with van der Waals surface area (Å²) in [5, 5.41) is 13.9. The topological polar surface area (TPSA) is 14.8 Å². The molecule has 0 saturated carbocycles. The molecule has 0 amide bonds. The van der Waals surface area contributed by atoms with Gasteiger partial charge >= 0.3 is 0 Å². The normalized spacial score (nSPS) is 12.4. The van der Waals surface area contributed by atoms with Gasteiger partial charge in [0.15, 0.2) is 0 Å². The summed E-state index contributed by atoms with van der Waals surface area (Å²) in [6, 6.07) is 38.6. The maximum absolute atomic E-state index is 2.47. The van der Waals surface area contributed by atoms with E-state index in [1.54, 1.807) is 0 Å². The molecule has 0 N–H and O–H groups in total. The molecule has 0 atom stereocenters. The highest BCUT2D eigenvalue weighted by atomic mass is 32.1. The molecule has 0 aliphatic heterocycles. The minimum absolute atomic E-state index is 1.17. The molecule has 0 fully saturated rings. The van der Waals surface area contributed by atoms with E-state index in [0.29, 0.717) is 0 Å². The van der Waals surface area contributed by atoms with Gasteiger partial charge < -0.3 is 13.7 Å². The van der Waals surface area contributed by atoms with Crippen LogP contribution in [0.25, 0.3) is 90.5 Å². The summed E-state index contributed by atoms with van der Waals surface area (Å²) >= 11 is 7.33. The van der Waals surface area contributed by atoms with Crippen LogP contribution in [-0.2, 0) is 0 Å². The molecule has 7 heterocycles. The van der Waals surface area contributed by atoms with Gasteiger partial charge in [-0.25, -0.2) is 0 Å². The number of hydrogen-bond donors (Lipinski definition) is 0. The first kappa shape index (κ1) is 24.6. The van der Waals surface area contributed by atoms with Crippen molar-refractivity contribution in [1.29, 1.82) is 0 Å². The SMILES string of the molecule is c1ccc2cc(-n3c4cc(-n5c6ccsc6c6sccc65)ccc4c4ccc(-n5c6ccsc6c6sccc65)cc43)ccc2c1. The Bertz CT molecular complexity index is 2690. The minimum atomic E-state index is 1.17. The van der Waals surface area contributed by atoms with Crippen LogP contribution in [-0.4, -0.2) is 13.7 Å². The van der Waals surface area contributed by atoms with Gasteiger partial charge in [0, 0.05) is 27.8 Å². The third-order valence-corrected chi connectivity index (χ3v) is 13.1. The monoisotopic (exact) mass is 647 g/mol. The Hall–Kier alpha value is -4.66. The Morgan fingerprint density at radius 3 is 1.22 bits per heavy atom. The second-order valence-corrected chi connectivity index (χ2v) is 15.1. The van der Waals surface area contributed by atoms with Gasteiger partial charge in [0.05, 0.1) is 51.9 Å². The average molecular weight is 648 g/mol. The molecule has 0 aliphatic rings. The Morgan fingerprint density at radius 2 is 0.733 bits per heavy atom. The molecular formula is C38H21N3S4. The van der Waals surface area contributed by atoms with Gasteiger partial charge in [-0.05, 0) is 93.0 Å². The van der Waals surface area contributed by atoms with E-state index in [1.807, 2.05) is 45.3 Å². The van der Waals surface area contributed by atoms with Gasteiger partial charge in [-0.3, -0.25) is 0 Å². The molecule has 0 radical (unpaired) electrons. The lowest BCUT2D eigenvalue weighted by atomic mass is 10.1.